The lowest BCUT2D eigenvalue weighted by Gasteiger charge is -2.34. The van der Waals surface area contributed by atoms with E-state index in [0.29, 0.717) is 21.8 Å². The Hall–Kier alpha value is -3.56. The predicted molar refractivity (Wildman–Crippen MR) is 103 cm³/mol. The van der Waals surface area contributed by atoms with Gasteiger partial charge < -0.3 is 15.8 Å². The summed E-state index contributed by atoms with van der Waals surface area (Å²) in [6.45, 7) is 1.55. The predicted octanol–water partition coefficient (Wildman–Crippen LogP) is 3.41. The fraction of sp³-hybridized carbons (Fsp3) is 0.0952. The van der Waals surface area contributed by atoms with Crippen molar-refractivity contribution < 1.29 is 14.3 Å². The molecule has 0 saturated heterocycles. The van der Waals surface area contributed by atoms with Gasteiger partial charge in [0.05, 0.1) is 5.57 Å². The average molecular weight is 392 g/mol. The minimum atomic E-state index is -1.73. The molecule has 2 aliphatic rings. The van der Waals surface area contributed by atoms with Gasteiger partial charge >= 0.3 is 0 Å². The van der Waals surface area contributed by atoms with Crippen LogP contribution in [-0.4, -0.2) is 11.7 Å². The second kappa shape index (κ2) is 6.25. The molecule has 0 bridgehead atoms. The van der Waals surface area contributed by atoms with Crippen LogP contribution in [0.4, 0.5) is 5.69 Å². The molecule has 0 aliphatic carbocycles. The molecule has 7 heteroatoms. The quantitative estimate of drug-likeness (QED) is 0.763. The number of nitrogens with zero attached hydrogens (tertiary/aromatic N) is 1. The summed E-state index contributed by atoms with van der Waals surface area (Å²) in [6.07, 6.45) is 0. The number of nitriles is 1. The number of ether oxygens (including phenoxy) is 1. The third-order valence-corrected chi connectivity index (χ3v) is 5.20. The zero-order valence-electron chi connectivity index (χ0n) is 14.7. The summed E-state index contributed by atoms with van der Waals surface area (Å²) in [5, 5.41) is 13.0. The molecule has 1 spiro atoms. The Bertz CT molecular complexity index is 1150. The number of carbonyl (C=O) groups excluding carboxylic acids is 2. The van der Waals surface area contributed by atoms with Crippen LogP contribution in [-0.2, 0) is 14.9 Å². The Balaban J connectivity index is 2.08. The number of nitrogens with two attached hydrogens (primary N) is 1. The molecule has 0 fully saturated rings. The fourth-order valence-corrected chi connectivity index (χ4v) is 3.99. The number of benzene rings is 2. The average Bonchev–Trinajstić information content (AvgIpc) is 2.94. The van der Waals surface area contributed by atoms with Gasteiger partial charge in [-0.3, -0.25) is 9.59 Å². The van der Waals surface area contributed by atoms with E-state index in [4.69, 9.17) is 22.1 Å². The van der Waals surface area contributed by atoms with E-state index >= 15 is 0 Å². The second-order valence-electron chi connectivity index (χ2n) is 6.47. The number of nitrogens with one attached hydrogen (secondary N) is 1. The van der Waals surface area contributed by atoms with Crippen molar-refractivity contribution in [2.45, 2.75) is 12.3 Å². The smallest absolute Gasteiger partial charge is 0.245 e. The highest BCUT2D eigenvalue weighted by Gasteiger charge is 2.59. The van der Waals surface area contributed by atoms with Gasteiger partial charge in [-0.25, -0.2) is 0 Å². The Labute approximate surface area is 165 Å². The first kappa shape index (κ1) is 17.8. The number of anilines is 1. The second-order valence-corrected chi connectivity index (χ2v) is 6.91. The van der Waals surface area contributed by atoms with Crippen molar-refractivity contribution in [3.63, 3.8) is 0 Å². The summed E-state index contributed by atoms with van der Waals surface area (Å²) in [7, 11) is 0. The van der Waals surface area contributed by atoms with E-state index in [1.807, 2.05) is 6.07 Å². The maximum Gasteiger partial charge on any atom is 0.245 e. The SMILES string of the molecule is CC1=C(C(=O)c2ccccc2)C2(C(=O)Nc3ccc(Cl)cc32)C(C#N)=C(N)O1. The standard InChI is InChI=1S/C21H14ClN3O3/c1-11-17(18(26)12-5-3-2-4-6-12)21(15(10-23)19(24)28-11)14-9-13(22)7-8-16(14)25-20(21)27/h2-9H,24H2,1H3,(H,25,27). The molecule has 2 aromatic rings. The van der Waals surface area contributed by atoms with Crippen LogP contribution in [0.2, 0.25) is 5.02 Å². The summed E-state index contributed by atoms with van der Waals surface area (Å²) in [4.78, 5) is 26.7. The lowest BCUT2D eigenvalue weighted by Crippen LogP contribution is -2.45. The van der Waals surface area contributed by atoms with Crippen LogP contribution >= 0.6 is 11.6 Å². The third-order valence-electron chi connectivity index (χ3n) is 4.96. The van der Waals surface area contributed by atoms with Crippen molar-refractivity contribution >= 4 is 29.0 Å². The molecular weight excluding hydrogens is 378 g/mol. The highest BCUT2D eigenvalue weighted by molar-refractivity contribution is 6.31. The Kier molecular flexibility index (Phi) is 3.98. The summed E-state index contributed by atoms with van der Waals surface area (Å²) in [6, 6.07) is 15.3. The van der Waals surface area contributed by atoms with E-state index in [1.54, 1.807) is 55.5 Å². The number of ketones is 1. The number of amides is 1. The molecule has 3 N–H and O–H groups in total. The molecule has 0 aromatic heterocycles. The highest BCUT2D eigenvalue weighted by atomic mass is 35.5. The van der Waals surface area contributed by atoms with E-state index < -0.39 is 17.1 Å². The van der Waals surface area contributed by atoms with Gasteiger partial charge in [0.2, 0.25) is 11.8 Å². The van der Waals surface area contributed by atoms with Crippen LogP contribution in [0.5, 0.6) is 0 Å². The Morgan fingerprint density at radius 1 is 1.25 bits per heavy atom. The van der Waals surface area contributed by atoms with Crippen LogP contribution in [0.3, 0.4) is 0 Å². The van der Waals surface area contributed by atoms with Gasteiger partial charge in [0.1, 0.15) is 22.8 Å². The summed E-state index contributed by atoms with van der Waals surface area (Å²) < 4.78 is 5.51. The molecule has 0 saturated carbocycles. The monoisotopic (exact) mass is 391 g/mol. The lowest BCUT2D eigenvalue weighted by molar-refractivity contribution is -0.118. The van der Waals surface area contributed by atoms with E-state index in [0.717, 1.165) is 0 Å². The number of rotatable bonds is 2. The molecule has 2 aliphatic heterocycles. The maximum absolute atomic E-state index is 13.5. The number of hydrogen-bond donors (Lipinski definition) is 2. The topological polar surface area (TPSA) is 105 Å². The first-order valence-electron chi connectivity index (χ1n) is 8.42. The van der Waals surface area contributed by atoms with Gasteiger partial charge in [-0.05, 0) is 25.1 Å². The van der Waals surface area contributed by atoms with Gasteiger partial charge in [0.15, 0.2) is 5.78 Å². The van der Waals surface area contributed by atoms with E-state index in [1.165, 1.54) is 0 Å². The highest BCUT2D eigenvalue weighted by Crippen LogP contribution is 2.52. The largest absolute Gasteiger partial charge is 0.445 e. The van der Waals surface area contributed by atoms with E-state index in [-0.39, 0.29) is 22.8 Å². The van der Waals surface area contributed by atoms with Crippen LogP contribution in [0.15, 0.2) is 71.3 Å². The fourth-order valence-electron chi connectivity index (χ4n) is 3.81. The number of allylic oxidation sites excluding steroid dienone is 1. The molecule has 28 heavy (non-hydrogen) atoms. The van der Waals surface area contributed by atoms with Crippen molar-refractivity contribution in [2.75, 3.05) is 5.32 Å². The van der Waals surface area contributed by atoms with Crippen molar-refractivity contribution in [1.82, 2.24) is 0 Å². The van der Waals surface area contributed by atoms with Crippen LogP contribution in [0, 0.1) is 11.3 Å². The van der Waals surface area contributed by atoms with Crippen LogP contribution in [0.1, 0.15) is 22.8 Å². The van der Waals surface area contributed by atoms with Crippen molar-refractivity contribution in [1.29, 1.82) is 5.26 Å². The van der Waals surface area contributed by atoms with Crippen molar-refractivity contribution in [3.8, 4) is 6.07 Å². The van der Waals surface area contributed by atoms with Gasteiger partial charge in [0.25, 0.3) is 0 Å². The molecule has 0 radical (unpaired) electrons. The normalized spacial score (nSPS) is 20.5. The molecule has 1 amide bonds. The number of carbonyl (C=O) groups is 2. The van der Waals surface area contributed by atoms with E-state index in [2.05, 4.69) is 5.32 Å². The molecule has 2 heterocycles. The summed E-state index contributed by atoms with van der Waals surface area (Å²) >= 11 is 6.18. The van der Waals surface area contributed by atoms with Gasteiger partial charge in [-0.2, -0.15) is 5.26 Å². The number of fused-ring (bicyclic) bond motifs is 2. The molecule has 2 aromatic carbocycles. The van der Waals surface area contributed by atoms with Crippen molar-refractivity contribution in [2.24, 2.45) is 5.73 Å². The summed E-state index contributed by atoms with van der Waals surface area (Å²) in [5.41, 5.74) is 5.36. The maximum atomic E-state index is 13.5. The zero-order valence-corrected chi connectivity index (χ0v) is 15.5. The first-order valence-corrected chi connectivity index (χ1v) is 8.79. The van der Waals surface area contributed by atoms with Gasteiger partial charge in [-0.1, -0.05) is 41.9 Å². The molecule has 138 valence electrons. The third kappa shape index (κ3) is 2.27. The molecule has 6 nitrogen and oxygen atoms in total. The molecule has 4 rings (SSSR count). The molecule has 1 atom stereocenters. The number of hydrogen-bond acceptors (Lipinski definition) is 5. The van der Waals surface area contributed by atoms with Crippen LogP contribution < -0.4 is 11.1 Å². The van der Waals surface area contributed by atoms with E-state index in [9.17, 15) is 14.9 Å². The Morgan fingerprint density at radius 3 is 2.64 bits per heavy atom. The number of Topliss-reactive ketones (excluding diaryl/α,β-unsaturated/α-hetero) is 1. The van der Waals surface area contributed by atoms with Gasteiger partial charge in [-0.15, -0.1) is 0 Å². The van der Waals surface area contributed by atoms with Crippen LogP contribution in [0.25, 0.3) is 0 Å². The number of halogens is 1. The van der Waals surface area contributed by atoms with Crippen molar-refractivity contribution in [3.05, 3.63) is 87.5 Å². The first-order chi connectivity index (χ1) is 13.4. The lowest BCUT2D eigenvalue weighted by atomic mass is 9.66. The minimum Gasteiger partial charge on any atom is -0.445 e. The summed E-state index contributed by atoms with van der Waals surface area (Å²) in [5.74, 6) is -1.03. The molecular formula is C21H14ClN3O3. The minimum absolute atomic E-state index is 0.0444. The zero-order chi connectivity index (χ0) is 20.1. The van der Waals surface area contributed by atoms with Gasteiger partial charge in [0, 0.05) is 21.8 Å². The molecule has 1 unspecified atom stereocenters. The Morgan fingerprint density at radius 2 is 1.96 bits per heavy atom.